The predicted octanol–water partition coefficient (Wildman–Crippen LogP) is 2.33. The monoisotopic (exact) mass is 243 g/mol. The van der Waals surface area contributed by atoms with Gasteiger partial charge >= 0.3 is 0 Å². The number of nitrogen functional groups attached to an aromatic ring is 1. The van der Waals surface area contributed by atoms with E-state index in [9.17, 15) is 0 Å². The Morgan fingerprint density at radius 3 is 3.06 bits per heavy atom. The molecule has 0 saturated carbocycles. The first kappa shape index (κ1) is 11.3. The van der Waals surface area contributed by atoms with E-state index in [1.807, 2.05) is 25.3 Å². The molecule has 1 atom stereocenters. The van der Waals surface area contributed by atoms with Crippen LogP contribution in [-0.2, 0) is 4.74 Å². The number of hydrogen-bond donors (Lipinski definition) is 2. The molecule has 94 valence electrons. The number of nitrogens with two attached hydrogens (primary N) is 1. The van der Waals surface area contributed by atoms with Crippen LogP contribution in [0.15, 0.2) is 24.4 Å². The van der Waals surface area contributed by atoms with E-state index in [1.165, 1.54) is 0 Å². The van der Waals surface area contributed by atoms with E-state index in [-0.39, 0.29) is 0 Å². The number of aromatic nitrogens is 1. The standard InChI is InChI=1S/C14H17N3O/c1-9-6-11-12(7-16-9)13(15)2-3-14(11)17-10-4-5-18-8-10/h2-3,6-7,10,17H,4-5,8,15H2,1H3. The lowest BCUT2D eigenvalue weighted by atomic mass is 10.1. The summed E-state index contributed by atoms with van der Waals surface area (Å²) < 4.78 is 5.39. The largest absolute Gasteiger partial charge is 0.398 e. The average molecular weight is 243 g/mol. The number of aryl methyl sites for hydroxylation is 1. The molecule has 4 nitrogen and oxygen atoms in total. The summed E-state index contributed by atoms with van der Waals surface area (Å²) in [7, 11) is 0. The Balaban J connectivity index is 2.05. The Morgan fingerprint density at radius 2 is 2.28 bits per heavy atom. The van der Waals surface area contributed by atoms with Crippen LogP contribution in [0, 0.1) is 6.92 Å². The number of hydrogen-bond acceptors (Lipinski definition) is 4. The highest BCUT2D eigenvalue weighted by Gasteiger charge is 2.16. The molecule has 0 amide bonds. The molecule has 1 aliphatic rings. The maximum atomic E-state index is 5.99. The molecular weight excluding hydrogens is 226 g/mol. The second kappa shape index (κ2) is 4.46. The second-order valence-corrected chi connectivity index (χ2v) is 4.78. The van der Waals surface area contributed by atoms with Crippen molar-refractivity contribution < 1.29 is 4.74 Å². The van der Waals surface area contributed by atoms with E-state index in [0.717, 1.165) is 47.5 Å². The zero-order valence-electron chi connectivity index (χ0n) is 10.4. The molecule has 1 aromatic carbocycles. The number of nitrogens with one attached hydrogen (secondary N) is 1. The maximum absolute atomic E-state index is 5.99. The summed E-state index contributed by atoms with van der Waals surface area (Å²) in [6.45, 7) is 3.60. The zero-order valence-corrected chi connectivity index (χ0v) is 10.4. The third kappa shape index (κ3) is 1.99. The van der Waals surface area contributed by atoms with Gasteiger partial charge in [0.15, 0.2) is 0 Å². The van der Waals surface area contributed by atoms with Crippen LogP contribution in [0.1, 0.15) is 12.1 Å². The molecular formula is C14H17N3O. The topological polar surface area (TPSA) is 60.2 Å². The molecule has 0 bridgehead atoms. The highest BCUT2D eigenvalue weighted by atomic mass is 16.5. The molecule has 0 spiro atoms. The molecule has 2 aromatic rings. The van der Waals surface area contributed by atoms with E-state index in [4.69, 9.17) is 10.5 Å². The van der Waals surface area contributed by atoms with Crippen LogP contribution >= 0.6 is 0 Å². The normalized spacial score (nSPS) is 19.3. The van der Waals surface area contributed by atoms with Crippen molar-refractivity contribution in [3.63, 3.8) is 0 Å². The molecule has 2 heterocycles. The maximum Gasteiger partial charge on any atom is 0.0668 e. The van der Waals surface area contributed by atoms with Crippen LogP contribution < -0.4 is 11.1 Å². The van der Waals surface area contributed by atoms with Gasteiger partial charge in [-0.3, -0.25) is 4.98 Å². The summed E-state index contributed by atoms with van der Waals surface area (Å²) in [5.74, 6) is 0. The quantitative estimate of drug-likeness (QED) is 0.795. The molecule has 1 fully saturated rings. The lowest BCUT2D eigenvalue weighted by molar-refractivity contribution is 0.195. The summed E-state index contributed by atoms with van der Waals surface area (Å²) in [4.78, 5) is 4.31. The fraction of sp³-hybridized carbons (Fsp3) is 0.357. The first-order valence-electron chi connectivity index (χ1n) is 6.23. The van der Waals surface area contributed by atoms with E-state index in [0.29, 0.717) is 6.04 Å². The molecule has 0 radical (unpaired) electrons. The number of pyridine rings is 1. The van der Waals surface area contributed by atoms with E-state index >= 15 is 0 Å². The Kier molecular flexibility index (Phi) is 2.80. The minimum absolute atomic E-state index is 0.394. The molecule has 3 N–H and O–H groups in total. The van der Waals surface area contributed by atoms with Gasteiger partial charge in [-0.1, -0.05) is 0 Å². The van der Waals surface area contributed by atoms with Crippen LogP contribution in [0.4, 0.5) is 11.4 Å². The Hall–Kier alpha value is -1.81. The van der Waals surface area contributed by atoms with Gasteiger partial charge in [-0.15, -0.1) is 0 Å². The Bertz CT molecular complexity index is 577. The number of benzene rings is 1. The molecule has 4 heteroatoms. The highest BCUT2D eigenvalue weighted by Crippen LogP contribution is 2.29. The number of ether oxygens (including phenoxy) is 1. The SMILES string of the molecule is Cc1cc2c(NC3CCOC3)ccc(N)c2cn1. The van der Waals surface area contributed by atoms with Crippen molar-refractivity contribution in [3.05, 3.63) is 30.1 Å². The highest BCUT2D eigenvalue weighted by molar-refractivity contribution is 6.00. The summed E-state index contributed by atoms with van der Waals surface area (Å²) in [5.41, 5.74) is 8.87. The lowest BCUT2D eigenvalue weighted by Crippen LogP contribution is -2.19. The smallest absolute Gasteiger partial charge is 0.0668 e. The summed E-state index contributed by atoms with van der Waals surface area (Å²) in [5, 5.41) is 5.67. The predicted molar refractivity (Wildman–Crippen MR) is 73.7 cm³/mol. The summed E-state index contributed by atoms with van der Waals surface area (Å²) >= 11 is 0. The van der Waals surface area contributed by atoms with E-state index in [2.05, 4.69) is 16.4 Å². The van der Waals surface area contributed by atoms with Gasteiger partial charge in [0.25, 0.3) is 0 Å². The number of rotatable bonds is 2. The molecule has 1 unspecified atom stereocenters. The van der Waals surface area contributed by atoms with Gasteiger partial charge in [0.05, 0.1) is 12.6 Å². The first-order valence-corrected chi connectivity index (χ1v) is 6.23. The number of fused-ring (bicyclic) bond motifs is 1. The van der Waals surface area contributed by atoms with Crippen molar-refractivity contribution in [3.8, 4) is 0 Å². The van der Waals surface area contributed by atoms with Crippen molar-refractivity contribution in [1.82, 2.24) is 4.98 Å². The summed E-state index contributed by atoms with van der Waals surface area (Å²) in [6.07, 6.45) is 2.90. The van der Waals surface area contributed by atoms with Gasteiger partial charge in [0.1, 0.15) is 0 Å². The second-order valence-electron chi connectivity index (χ2n) is 4.78. The van der Waals surface area contributed by atoms with Gasteiger partial charge in [-0.2, -0.15) is 0 Å². The van der Waals surface area contributed by atoms with Gasteiger partial charge < -0.3 is 15.8 Å². The van der Waals surface area contributed by atoms with Crippen LogP contribution in [0.5, 0.6) is 0 Å². The van der Waals surface area contributed by atoms with Crippen molar-refractivity contribution in [2.24, 2.45) is 0 Å². The Labute approximate surface area is 106 Å². The molecule has 1 aliphatic heterocycles. The van der Waals surface area contributed by atoms with E-state index in [1.54, 1.807) is 0 Å². The Morgan fingerprint density at radius 1 is 1.39 bits per heavy atom. The van der Waals surface area contributed by atoms with Crippen molar-refractivity contribution in [2.45, 2.75) is 19.4 Å². The van der Waals surface area contributed by atoms with Crippen molar-refractivity contribution in [2.75, 3.05) is 24.3 Å². The van der Waals surface area contributed by atoms with Crippen LogP contribution in [0.2, 0.25) is 0 Å². The lowest BCUT2D eigenvalue weighted by Gasteiger charge is -2.15. The molecule has 1 saturated heterocycles. The number of anilines is 2. The van der Waals surface area contributed by atoms with Crippen LogP contribution in [0.3, 0.4) is 0 Å². The number of nitrogens with zero attached hydrogens (tertiary/aromatic N) is 1. The fourth-order valence-corrected chi connectivity index (χ4v) is 2.36. The molecule has 0 aliphatic carbocycles. The minimum Gasteiger partial charge on any atom is -0.398 e. The van der Waals surface area contributed by atoms with Gasteiger partial charge in [-0.25, -0.2) is 0 Å². The molecule has 1 aromatic heterocycles. The summed E-state index contributed by atoms with van der Waals surface area (Å²) in [6, 6.07) is 6.43. The average Bonchev–Trinajstić information content (AvgIpc) is 2.86. The van der Waals surface area contributed by atoms with Crippen molar-refractivity contribution >= 4 is 22.1 Å². The van der Waals surface area contributed by atoms with Gasteiger partial charge in [-0.05, 0) is 31.5 Å². The van der Waals surface area contributed by atoms with Gasteiger partial charge in [0, 0.05) is 40.6 Å². The zero-order chi connectivity index (χ0) is 12.5. The minimum atomic E-state index is 0.394. The third-order valence-electron chi connectivity index (χ3n) is 3.36. The molecule has 18 heavy (non-hydrogen) atoms. The van der Waals surface area contributed by atoms with Gasteiger partial charge in [0.2, 0.25) is 0 Å². The first-order chi connectivity index (χ1) is 8.74. The van der Waals surface area contributed by atoms with Crippen LogP contribution in [0.25, 0.3) is 10.8 Å². The molecule has 3 rings (SSSR count). The van der Waals surface area contributed by atoms with E-state index < -0.39 is 0 Å². The van der Waals surface area contributed by atoms with Crippen molar-refractivity contribution in [1.29, 1.82) is 0 Å². The fourth-order valence-electron chi connectivity index (χ4n) is 2.36. The van der Waals surface area contributed by atoms with Crippen LogP contribution in [-0.4, -0.2) is 24.2 Å². The third-order valence-corrected chi connectivity index (χ3v) is 3.36.